The molecule has 126 valence electrons. The van der Waals surface area contributed by atoms with Gasteiger partial charge in [-0.3, -0.25) is 9.78 Å². The van der Waals surface area contributed by atoms with E-state index in [1.807, 2.05) is 24.0 Å². The van der Waals surface area contributed by atoms with Gasteiger partial charge in [-0.25, -0.2) is 0 Å². The summed E-state index contributed by atoms with van der Waals surface area (Å²) in [5, 5.41) is 0.643. The lowest BCUT2D eigenvalue weighted by atomic mass is 9.98. The summed E-state index contributed by atoms with van der Waals surface area (Å²) in [6, 6.07) is 10.9. The molecule has 24 heavy (non-hydrogen) atoms. The van der Waals surface area contributed by atoms with Crippen molar-refractivity contribution >= 4 is 17.5 Å². The van der Waals surface area contributed by atoms with Crippen LogP contribution in [0.4, 0.5) is 0 Å². The second kappa shape index (κ2) is 7.67. The fourth-order valence-corrected chi connectivity index (χ4v) is 3.11. The third-order valence-electron chi connectivity index (χ3n) is 4.25. The van der Waals surface area contributed by atoms with Gasteiger partial charge in [0, 0.05) is 47.6 Å². The SMILES string of the molecule is Cc1cc(OCC2CCCN(C(=O)c3ccc(Cl)cc3)C2)ccn1. The van der Waals surface area contributed by atoms with E-state index >= 15 is 0 Å². The van der Waals surface area contributed by atoms with Crippen molar-refractivity contribution in [2.45, 2.75) is 19.8 Å². The van der Waals surface area contributed by atoms with Crippen LogP contribution in [0.25, 0.3) is 0 Å². The number of pyridine rings is 1. The van der Waals surface area contributed by atoms with E-state index in [0.717, 1.165) is 37.4 Å². The minimum Gasteiger partial charge on any atom is -0.493 e. The molecule has 2 aromatic rings. The highest BCUT2D eigenvalue weighted by Gasteiger charge is 2.25. The zero-order valence-corrected chi connectivity index (χ0v) is 14.5. The number of hydrogen-bond donors (Lipinski definition) is 0. The van der Waals surface area contributed by atoms with Crippen LogP contribution in [-0.2, 0) is 0 Å². The second-order valence-corrected chi connectivity index (χ2v) is 6.65. The molecule has 1 fully saturated rings. The molecule has 1 amide bonds. The molecule has 1 aromatic carbocycles. The smallest absolute Gasteiger partial charge is 0.253 e. The number of piperidine rings is 1. The lowest BCUT2D eigenvalue weighted by molar-refractivity contribution is 0.0633. The summed E-state index contributed by atoms with van der Waals surface area (Å²) in [5.41, 5.74) is 1.63. The number of nitrogens with zero attached hydrogens (tertiary/aromatic N) is 2. The molecule has 2 heterocycles. The number of ether oxygens (including phenoxy) is 1. The van der Waals surface area contributed by atoms with Crippen LogP contribution in [0.1, 0.15) is 28.9 Å². The molecule has 4 nitrogen and oxygen atoms in total. The summed E-state index contributed by atoms with van der Waals surface area (Å²) in [6.45, 7) is 4.09. The molecular formula is C19H21ClN2O2. The topological polar surface area (TPSA) is 42.4 Å². The molecule has 5 heteroatoms. The first-order valence-electron chi connectivity index (χ1n) is 8.22. The van der Waals surface area contributed by atoms with Crippen LogP contribution >= 0.6 is 11.6 Å². The molecule has 0 bridgehead atoms. The Hall–Kier alpha value is -2.07. The van der Waals surface area contributed by atoms with Crippen LogP contribution in [-0.4, -0.2) is 35.5 Å². The zero-order valence-electron chi connectivity index (χ0n) is 13.7. The Morgan fingerprint density at radius 3 is 2.88 bits per heavy atom. The first-order valence-corrected chi connectivity index (χ1v) is 8.60. The van der Waals surface area contributed by atoms with E-state index in [0.29, 0.717) is 23.1 Å². The van der Waals surface area contributed by atoms with Crippen LogP contribution in [0.15, 0.2) is 42.6 Å². The van der Waals surface area contributed by atoms with Crippen molar-refractivity contribution in [2.75, 3.05) is 19.7 Å². The maximum Gasteiger partial charge on any atom is 0.253 e. The number of carbonyl (C=O) groups is 1. The minimum absolute atomic E-state index is 0.0659. The minimum atomic E-state index is 0.0659. The maximum absolute atomic E-state index is 12.6. The third kappa shape index (κ3) is 4.26. The van der Waals surface area contributed by atoms with Crippen molar-refractivity contribution in [3.8, 4) is 5.75 Å². The van der Waals surface area contributed by atoms with Crippen LogP contribution < -0.4 is 4.74 Å². The number of amides is 1. The van der Waals surface area contributed by atoms with E-state index in [1.54, 1.807) is 30.5 Å². The van der Waals surface area contributed by atoms with Crippen molar-refractivity contribution in [3.05, 3.63) is 58.9 Å². The van der Waals surface area contributed by atoms with E-state index in [4.69, 9.17) is 16.3 Å². The highest BCUT2D eigenvalue weighted by molar-refractivity contribution is 6.30. The van der Waals surface area contributed by atoms with E-state index in [-0.39, 0.29) is 5.91 Å². The molecule has 1 aliphatic rings. The molecule has 1 saturated heterocycles. The van der Waals surface area contributed by atoms with Crippen molar-refractivity contribution < 1.29 is 9.53 Å². The fourth-order valence-electron chi connectivity index (χ4n) is 2.98. The number of aromatic nitrogens is 1. The Labute approximate surface area is 147 Å². The number of carbonyl (C=O) groups excluding carboxylic acids is 1. The Bertz CT molecular complexity index is 703. The zero-order chi connectivity index (χ0) is 16.9. The van der Waals surface area contributed by atoms with Crippen LogP contribution in [0.3, 0.4) is 0 Å². The van der Waals surface area contributed by atoms with Crippen LogP contribution in [0.2, 0.25) is 5.02 Å². The average molecular weight is 345 g/mol. The Morgan fingerprint density at radius 1 is 1.33 bits per heavy atom. The normalized spacial score (nSPS) is 17.6. The van der Waals surface area contributed by atoms with Gasteiger partial charge in [-0.15, -0.1) is 0 Å². The monoisotopic (exact) mass is 344 g/mol. The van der Waals surface area contributed by atoms with Gasteiger partial charge >= 0.3 is 0 Å². The summed E-state index contributed by atoms with van der Waals surface area (Å²) < 4.78 is 5.88. The van der Waals surface area contributed by atoms with Gasteiger partial charge in [-0.05, 0) is 50.1 Å². The van der Waals surface area contributed by atoms with Gasteiger partial charge in [0.2, 0.25) is 0 Å². The number of hydrogen-bond acceptors (Lipinski definition) is 3. The summed E-state index contributed by atoms with van der Waals surface area (Å²) in [5.74, 6) is 1.25. The number of rotatable bonds is 4. The summed E-state index contributed by atoms with van der Waals surface area (Å²) >= 11 is 5.89. The van der Waals surface area contributed by atoms with Crippen molar-refractivity contribution in [3.63, 3.8) is 0 Å². The van der Waals surface area contributed by atoms with Crippen LogP contribution in [0, 0.1) is 12.8 Å². The second-order valence-electron chi connectivity index (χ2n) is 6.21. The lowest BCUT2D eigenvalue weighted by Gasteiger charge is -2.32. The quantitative estimate of drug-likeness (QED) is 0.842. The first-order chi connectivity index (χ1) is 11.6. The van der Waals surface area contributed by atoms with E-state index < -0.39 is 0 Å². The standard InChI is InChI=1S/C19H21ClN2O2/c1-14-11-18(8-9-21-14)24-13-15-3-2-10-22(12-15)19(23)16-4-6-17(20)7-5-16/h4-9,11,15H,2-3,10,12-13H2,1H3. The molecule has 1 aliphatic heterocycles. The molecule has 0 spiro atoms. The maximum atomic E-state index is 12.6. The highest BCUT2D eigenvalue weighted by Crippen LogP contribution is 2.21. The van der Waals surface area contributed by atoms with Crippen molar-refractivity contribution in [1.29, 1.82) is 0 Å². The number of halogens is 1. The molecule has 0 radical (unpaired) electrons. The number of likely N-dealkylation sites (tertiary alicyclic amines) is 1. The molecule has 1 unspecified atom stereocenters. The summed E-state index contributed by atoms with van der Waals surface area (Å²) in [7, 11) is 0. The first kappa shape index (κ1) is 16.8. The van der Waals surface area contributed by atoms with Crippen LogP contribution in [0.5, 0.6) is 5.75 Å². The van der Waals surface area contributed by atoms with E-state index in [9.17, 15) is 4.79 Å². The van der Waals surface area contributed by atoms with Gasteiger partial charge in [-0.1, -0.05) is 11.6 Å². The lowest BCUT2D eigenvalue weighted by Crippen LogP contribution is -2.41. The average Bonchev–Trinajstić information content (AvgIpc) is 2.60. The van der Waals surface area contributed by atoms with Gasteiger partial charge in [0.25, 0.3) is 5.91 Å². The predicted octanol–water partition coefficient (Wildman–Crippen LogP) is 3.97. The highest BCUT2D eigenvalue weighted by atomic mass is 35.5. The Balaban J connectivity index is 1.57. The van der Waals surface area contributed by atoms with Gasteiger partial charge in [-0.2, -0.15) is 0 Å². The van der Waals surface area contributed by atoms with Gasteiger partial charge in [0.15, 0.2) is 0 Å². The van der Waals surface area contributed by atoms with Crippen molar-refractivity contribution in [1.82, 2.24) is 9.88 Å². The molecule has 0 N–H and O–H groups in total. The Kier molecular flexibility index (Phi) is 5.36. The number of benzene rings is 1. The third-order valence-corrected chi connectivity index (χ3v) is 4.50. The molecule has 1 atom stereocenters. The largest absolute Gasteiger partial charge is 0.493 e. The predicted molar refractivity (Wildman–Crippen MR) is 94.5 cm³/mol. The molecule has 3 rings (SSSR count). The van der Waals surface area contributed by atoms with Gasteiger partial charge in [0.1, 0.15) is 5.75 Å². The summed E-state index contributed by atoms with van der Waals surface area (Å²) in [4.78, 5) is 18.7. The van der Waals surface area contributed by atoms with Gasteiger partial charge in [0.05, 0.1) is 6.61 Å². The molecule has 0 aliphatic carbocycles. The molecular weight excluding hydrogens is 324 g/mol. The van der Waals surface area contributed by atoms with E-state index in [2.05, 4.69) is 4.98 Å². The molecule has 1 aromatic heterocycles. The van der Waals surface area contributed by atoms with Gasteiger partial charge < -0.3 is 9.64 Å². The molecule has 0 saturated carbocycles. The van der Waals surface area contributed by atoms with Crippen molar-refractivity contribution in [2.24, 2.45) is 5.92 Å². The fraction of sp³-hybridized carbons (Fsp3) is 0.368. The number of aryl methyl sites for hydroxylation is 1. The Morgan fingerprint density at radius 2 is 2.12 bits per heavy atom. The van der Waals surface area contributed by atoms with E-state index in [1.165, 1.54) is 0 Å². The summed E-state index contributed by atoms with van der Waals surface area (Å²) in [6.07, 6.45) is 3.83.